The van der Waals surface area contributed by atoms with Crippen LogP contribution in [0, 0.1) is 0 Å². The molecule has 0 spiro atoms. The molecular formula is C56H37NO. The van der Waals surface area contributed by atoms with Gasteiger partial charge < -0.3 is 9.32 Å². The van der Waals surface area contributed by atoms with Gasteiger partial charge in [0.05, 0.1) is 0 Å². The largest absolute Gasteiger partial charge is 0.455 e. The molecule has 2 heteroatoms. The van der Waals surface area contributed by atoms with Crippen molar-refractivity contribution in [3.05, 3.63) is 224 Å². The van der Waals surface area contributed by atoms with Gasteiger partial charge in [0, 0.05) is 33.4 Å². The Balaban J connectivity index is 0.988. The minimum atomic E-state index is 0.905. The standard InChI is InChI=1S/C56H37NO/c1-3-17-48-39(11-1)13-8-20-50(48)41-27-25-38(26-28-41)44-15-7-16-47(37-44)57(45-33-29-42(30-34-45)51-21-9-14-40-12-2-4-18-49(40)51)46-35-31-43(32-36-46)52-22-10-23-54-53-19-5-6-24-55(53)58-56(52)54/h1-37H. The normalized spacial score (nSPS) is 11.4. The van der Waals surface area contributed by atoms with E-state index in [9.17, 15) is 0 Å². The summed E-state index contributed by atoms with van der Waals surface area (Å²) in [6, 6.07) is 80.6. The van der Waals surface area contributed by atoms with E-state index in [2.05, 4.69) is 217 Å². The van der Waals surface area contributed by atoms with Crippen molar-refractivity contribution >= 4 is 60.5 Å². The summed E-state index contributed by atoms with van der Waals surface area (Å²) in [5.74, 6) is 0. The summed E-state index contributed by atoms with van der Waals surface area (Å²) in [5, 5.41) is 7.28. The number of furan rings is 1. The van der Waals surface area contributed by atoms with Crippen molar-refractivity contribution in [2.24, 2.45) is 0 Å². The van der Waals surface area contributed by atoms with E-state index >= 15 is 0 Å². The van der Waals surface area contributed by atoms with Crippen LogP contribution in [0.3, 0.4) is 0 Å². The van der Waals surface area contributed by atoms with Crippen LogP contribution in [0.2, 0.25) is 0 Å². The first-order chi connectivity index (χ1) is 28.7. The molecule has 0 atom stereocenters. The minimum Gasteiger partial charge on any atom is -0.455 e. The molecule has 11 rings (SSSR count). The number of para-hydroxylation sites is 2. The van der Waals surface area contributed by atoms with E-state index in [4.69, 9.17) is 4.42 Å². The predicted octanol–water partition coefficient (Wildman–Crippen LogP) is 16.0. The molecule has 1 aromatic heterocycles. The van der Waals surface area contributed by atoms with Gasteiger partial charge in [-0.1, -0.05) is 182 Å². The average Bonchev–Trinajstić information content (AvgIpc) is 3.69. The van der Waals surface area contributed by atoms with Crippen molar-refractivity contribution in [2.45, 2.75) is 0 Å². The molecule has 0 amide bonds. The zero-order valence-electron chi connectivity index (χ0n) is 31.7. The number of hydrogen-bond donors (Lipinski definition) is 0. The fraction of sp³-hybridized carbons (Fsp3) is 0. The topological polar surface area (TPSA) is 16.4 Å². The van der Waals surface area contributed by atoms with E-state index in [0.29, 0.717) is 0 Å². The Morgan fingerprint density at radius 3 is 1.36 bits per heavy atom. The Kier molecular flexibility index (Phi) is 8.19. The van der Waals surface area contributed by atoms with Crippen LogP contribution in [-0.4, -0.2) is 0 Å². The van der Waals surface area contributed by atoms with Gasteiger partial charge in [-0.05, 0) is 103 Å². The van der Waals surface area contributed by atoms with E-state index in [-0.39, 0.29) is 0 Å². The van der Waals surface area contributed by atoms with Crippen LogP contribution in [-0.2, 0) is 0 Å². The second-order valence-electron chi connectivity index (χ2n) is 14.9. The third kappa shape index (κ3) is 5.91. The maximum absolute atomic E-state index is 6.42. The molecule has 0 aliphatic carbocycles. The minimum absolute atomic E-state index is 0.905. The first-order valence-electron chi connectivity index (χ1n) is 19.8. The van der Waals surface area contributed by atoms with Gasteiger partial charge in [0.2, 0.25) is 0 Å². The molecule has 0 bridgehead atoms. The zero-order valence-corrected chi connectivity index (χ0v) is 31.7. The molecule has 0 N–H and O–H groups in total. The highest BCUT2D eigenvalue weighted by atomic mass is 16.3. The fourth-order valence-electron chi connectivity index (χ4n) is 8.62. The maximum atomic E-state index is 6.42. The van der Waals surface area contributed by atoms with Gasteiger partial charge in [0.15, 0.2) is 0 Å². The summed E-state index contributed by atoms with van der Waals surface area (Å²) in [4.78, 5) is 2.35. The highest BCUT2D eigenvalue weighted by Crippen LogP contribution is 2.41. The number of hydrogen-bond acceptors (Lipinski definition) is 2. The molecule has 272 valence electrons. The lowest BCUT2D eigenvalue weighted by Gasteiger charge is -2.26. The molecule has 0 fully saturated rings. The zero-order chi connectivity index (χ0) is 38.4. The van der Waals surface area contributed by atoms with Gasteiger partial charge >= 0.3 is 0 Å². The molecule has 0 aliphatic heterocycles. The van der Waals surface area contributed by atoms with Gasteiger partial charge in [-0.2, -0.15) is 0 Å². The maximum Gasteiger partial charge on any atom is 0.143 e. The summed E-state index contributed by atoms with van der Waals surface area (Å²) >= 11 is 0. The lowest BCUT2D eigenvalue weighted by Crippen LogP contribution is -2.10. The molecule has 0 saturated heterocycles. The Bertz CT molecular complexity index is 3250. The molecular weight excluding hydrogens is 703 g/mol. The Morgan fingerprint density at radius 1 is 0.276 bits per heavy atom. The highest BCUT2D eigenvalue weighted by molar-refractivity contribution is 6.09. The molecule has 0 saturated carbocycles. The molecule has 58 heavy (non-hydrogen) atoms. The van der Waals surface area contributed by atoms with E-state index in [1.54, 1.807) is 0 Å². The van der Waals surface area contributed by atoms with Gasteiger partial charge in [0.25, 0.3) is 0 Å². The van der Waals surface area contributed by atoms with Crippen molar-refractivity contribution in [2.75, 3.05) is 4.90 Å². The monoisotopic (exact) mass is 739 g/mol. The van der Waals surface area contributed by atoms with Gasteiger partial charge in [-0.3, -0.25) is 0 Å². The molecule has 0 radical (unpaired) electrons. The number of fused-ring (bicyclic) bond motifs is 5. The summed E-state index contributed by atoms with van der Waals surface area (Å²) < 4.78 is 6.42. The number of benzene rings is 10. The number of rotatable bonds is 7. The van der Waals surface area contributed by atoms with Crippen LogP contribution in [0.5, 0.6) is 0 Å². The summed E-state index contributed by atoms with van der Waals surface area (Å²) in [6.07, 6.45) is 0. The van der Waals surface area contributed by atoms with Crippen LogP contribution < -0.4 is 4.90 Å². The molecule has 10 aromatic carbocycles. The number of anilines is 3. The fourth-order valence-corrected chi connectivity index (χ4v) is 8.62. The van der Waals surface area contributed by atoms with Crippen LogP contribution in [0.4, 0.5) is 17.1 Å². The van der Waals surface area contributed by atoms with E-state index in [1.165, 1.54) is 49.4 Å². The number of nitrogens with zero attached hydrogens (tertiary/aromatic N) is 1. The summed E-state index contributed by atoms with van der Waals surface area (Å²) in [6.45, 7) is 0. The second-order valence-corrected chi connectivity index (χ2v) is 14.9. The summed E-state index contributed by atoms with van der Waals surface area (Å²) in [7, 11) is 0. The lowest BCUT2D eigenvalue weighted by atomic mass is 9.96. The SMILES string of the molecule is c1cc(-c2ccc(-c3cccc4ccccc34)cc2)cc(N(c2ccc(-c3cccc4ccccc34)cc2)c2ccc(-c3cccc4c3oc3ccccc34)cc2)c1. The van der Waals surface area contributed by atoms with Gasteiger partial charge in [-0.25, -0.2) is 0 Å². The molecule has 1 heterocycles. The van der Waals surface area contributed by atoms with Crippen molar-refractivity contribution in [3.63, 3.8) is 0 Å². The van der Waals surface area contributed by atoms with Gasteiger partial charge in [-0.15, -0.1) is 0 Å². The average molecular weight is 740 g/mol. The lowest BCUT2D eigenvalue weighted by molar-refractivity contribution is 0.670. The van der Waals surface area contributed by atoms with Gasteiger partial charge in [0.1, 0.15) is 11.2 Å². The Morgan fingerprint density at radius 2 is 0.724 bits per heavy atom. The van der Waals surface area contributed by atoms with Crippen LogP contribution in [0.15, 0.2) is 229 Å². The molecule has 2 nitrogen and oxygen atoms in total. The Hall–Kier alpha value is -7.68. The van der Waals surface area contributed by atoms with Crippen molar-refractivity contribution < 1.29 is 4.42 Å². The smallest absolute Gasteiger partial charge is 0.143 e. The van der Waals surface area contributed by atoms with Crippen LogP contribution >= 0.6 is 0 Å². The van der Waals surface area contributed by atoms with Crippen molar-refractivity contribution in [1.29, 1.82) is 0 Å². The van der Waals surface area contributed by atoms with Crippen molar-refractivity contribution in [1.82, 2.24) is 0 Å². The quantitative estimate of drug-likeness (QED) is 0.162. The van der Waals surface area contributed by atoms with E-state index < -0.39 is 0 Å². The van der Waals surface area contributed by atoms with Crippen LogP contribution in [0.25, 0.3) is 88.0 Å². The third-order valence-electron chi connectivity index (χ3n) is 11.5. The summed E-state index contributed by atoms with van der Waals surface area (Å²) in [5.41, 5.74) is 14.5. The first-order valence-corrected chi connectivity index (χ1v) is 19.8. The molecule has 11 aromatic rings. The predicted molar refractivity (Wildman–Crippen MR) is 245 cm³/mol. The molecule has 0 unspecified atom stereocenters. The van der Waals surface area contributed by atoms with E-state index in [1.807, 2.05) is 12.1 Å². The highest BCUT2D eigenvalue weighted by Gasteiger charge is 2.17. The second kappa shape index (κ2) is 14.1. The molecule has 0 aliphatic rings. The van der Waals surface area contributed by atoms with Crippen molar-refractivity contribution in [3.8, 4) is 44.5 Å². The third-order valence-corrected chi connectivity index (χ3v) is 11.5. The first kappa shape index (κ1) is 33.6. The van der Waals surface area contributed by atoms with E-state index in [0.717, 1.165) is 55.7 Å². The van der Waals surface area contributed by atoms with Crippen LogP contribution in [0.1, 0.15) is 0 Å². The Labute approximate surface area is 337 Å².